The second-order valence-corrected chi connectivity index (χ2v) is 16.9. The van der Waals surface area contributed by atoms with E-state index >= 15 is 0 Å². The number of fused-ring (bicyclic) bond motifs is 4. The van der Waals surface area contributed by atoms with Crippen LogP contribution in [-0.2, 0) is 23.8 Å². The molecule has 13 atom stereocenters. The Labute approximate surface area is 251 Å². The van der Waals surface area contributed by atoms with Crippen LogP contribution in [0.25, 0.3) is 0 Å². The first-order valence-electron chi connectivity index (χ1n) is 16.5. The van der Waals surface area contributed by atoms with E-state index < -0.39 is 29.9 Å². The fourth-order valence-corrected chi connectivity index (χ4v) is 12.8. The zero-order valence-corrected chi connectivity index (χ0v) is 27.1. The fraction of sp³-hybridized carbons (Fsp3) is 0.941. The summed E-state index contributed by atoms with van der Waals surface area (Å²) >= 11 is 0. The summed E-state index contributed by atoms with van der Waals surface area (Å²) in [6.07, 6.45) is 5.84. The van der Waals surface area contributed by atoms with Gasteiger partial charge in [0, 0.05) is 17.8 Å². The molecule has 8 nitrogen and oxygen atoms in total. The Hall–Kier alpha value is -1.22. The lowest BCUT2D eigenvalue weighted by Crippen LogP contribution is -2.60. The van der Waals surface area contributed by atoms with E-state index in [-0.39, 0.29) is 63.6 Å². The molecule has 0 radical (unpaired) electrons. The summed E-state index contributed by atoms with van der Waals surface area (Å²) in [5, 5.41) is 23.4. The Bertz CT molecular complexity index is 1130. The molecule has 0 aromatic heterocycles. The van der Waals surface area contributed by atoms with Gasteiger partial charge in [-0.2, -0.15) is 0 Å². The highest BCUT2D eigenvalue weighted by molar-refractivity contribution is 5.71. The van der Waals surface area contributed by atoms with Crippen LogP contribution in [-0.4, -0.2) is 64.8 Å². The van der Waals surface area contributed by atoms with Gasteiger partial charge in [-0.25, -0.2) is 0 Å². The Morgan fingerprint density at radius 1 is 1.05 bits per heavy atom. The molecule has 4 N–H and O–H groups in total. The van der Waals surface area contributed by atoms with Crippen LogP contribution >= 0.6 is 0 Å². The van der Waals surface area contributed by atoms with E-state index in [4.69, 9.17) is 19.9 Å². The van der Waals surface area contributed by atoms with Crippen LogP contribution in [0.2, 0.25) is 0 Å². The molecule has 5 saturated carbocycles. The highest BCUT2D eigenvalue weighted by Crippen LogP contribution is 2.89. The maximum Gasteiger partial charge on any atom is 0.319 e. The summed E-state index contributed by atoms with van der Waals surface area (Å²) in [4.78, 5) is 24.2. The second-order valence-electron chi connectivity index (χ2n) is 16.9. The molecule has 1 aliphatic heterocycles. The zero-order valence-electron chi connectivity index (χ0n) is 27.1. The van der Waals surface area contributed by atoms with E-state index in [1.807, 2.05) is 0 Å². The normalized spacial score (nSPS) is 51.1. The molecular weight excluding hydrogens is 534 g/mol. The van der Waals surface area contributed by atoms with Crippen molar-refractivity contribution >= 4 is 11.9 Å². The molecule has 238 valence electrons. The third kappa shape index (κ3) is 3.79. The molecule has 1 heterocycles. The molecule has 0 amide bonds. The molecule has 0 aromatic carbocycles. The van der Waals surface area contributed by atoms with Gasteiger partial charge < -0.3 is 30.2 Å². The number of carbonyl (C=O) groups is 2. The lowest BCUT2D eigenvalue weighted by atomic mass is 9.41. The average molecular weight is 590 g/mol. The van der Waals surface area contributed by atoms with Crippen molar-refractivity contribution in [2.24, 2.45) is 56.5 Å². The van der Waals surface area contributed by atoms with Gasteiger partial charge in [-0.1, -0.05) is 34.6 Å². The number of nitrogens with two attached hydrogens (primary N) is 1. The van der Waals surface area contributed by atoms with Gasteiger partial charge in [0.15, 0.2) is 6.10 Å². The minimum absolute atomic E-state index is 0.0790. The maximum atomic E-state index is 12.4. The first-order valence-corrected chi connectivity index (χ1v) is 16.5. The van der Waals surface area contributed by atoms with Crippen molar-refractivity contribution < 1.29 is 34.0 Å². The second kappa shape index (κ2) is 9.40. The van der Waals surface area contributed by atoms with E-state index in [2.05, 4.69) is 34.6 Å². The minimum Gasteiger partial charge on any atom is -0.461 e. The number of hydrogen-bond acceptors (Lipinski definition) is 8. The number of rotatable bonds is 5. The molecule has 5 aliphatic carbocycles. The SMILES string of the molecule is CC(=O)O[C@@H]([C@H]1CC(C)C2[C@H](O1)[C@H](O)[C@@]1(C)[C@@H]3CC[C@H]4C(C)(C)[C@@H](OC(=O)CN)CCC45C[C@@]35CC[C@]21C)C(C)(C)O. The molecule has 0 aromatic rings. The predicted octanol–water partition coefficient (Wildman–Crippen LogP) is 4.37. The van der Waals surface area contributed by atoms with Crippen molar-refractivity contribution in [2.75, 3.05) is 6.54 Å². The summed E-state index contributed by atoms with van der Waals surface area (Å²) < 4.78 is 18.3. The van der Waals surface area contributed by atoms with Gasteiger partial charge in [0.05, 0.1) is 30.5 Å². The molecular formula is C34H55NO7. The number of hydrogen-bond donors (Lipinski definition) is 3. The van der Waals surface area contributed by atoms with Crippen molar-refractivity contribution in [1.29, 1.82) is 0 Å². The Morgan fingerprint density at radius 2 is 1.69 bits per heavy atom. The quantitative estimate of drug-likeness (QED) is 0.403. The standard InChI is InChI=1S/C34H55NO7/c1-18-15-20(28(30(5,6)39)40-19(2)36)41-26-25(18)31(7)13-14-34-17-33(34)12-11-23(42-24(37)16-35)29(3,4)21(33)9-10-22(34)32(31,8)27(26)38/h18,20-23,25-28,38-39H,9-17,35H2,1-8H3/t18?,20-,21+,22+,23+,25?,26+,27+,28+,31-,32-,33?,34+/m1/s1. The summed E-state index contributed by atoms with van der Waals surface area (Å²) in [7, 11) is 0. The molecule has 0 bridgehead atoms. The Morgan fingerprint density at radius 3 is 2.31 bits per heavy atom. The van der Waals surface area contributed by atoms with Crippen molar-refractivity contribution in [3.05, 3.63) is 0 Å². The number of aliphatic hydroxyl groups is 2. The molecule has 2 spiro atoms. The van der Waals surface area contributed by atoms with Crippen molar-refractivity contribution in [2.45, 2.75) is 143 Å². The van der Waals surface area contributed by atoms with Crippen molar-refractivity contribution in [3.63, 3.8) is 0 Å². The molecule has 6 aliphatic rings. The van der Waals surface area contributed by atoms with Crippen LogP contribution in [0, 0.1) is 50.7 Å². The minimum atomic E-state index is -1.26. The lowest BCUT2D eigenvalue weighted by Gasteiger charge is -2.63. The molecule has 8 heteroatoms. The van der Waals surface area contributed by atoms with Gasteiger partial charge in [-0.3, -0.25) is 9.59 Å². The van der Waals surface area contributed by atoms with E-state index in [1.165, 1.54) is 19.8 Å². The van der Waals surface area contributed by atoms with E-state index in [9.17, 15) is 19.8 Å². The first-order chi connectivity index (χ1) is 19.4. The highest BCUT2D eigenvalue weighted by Gasteiger charge is 2.84. The van der Waals surface area contributed by atoms with Crippen LogP contribution in [0.1, 0.15) is 107 Å². The van der Waals surface area contributed by atoms with Crippen molar-refractivity contribution in [1.82, 2.24) is 0 Å². The number of carbonyl (C=O) groups excluding carboxylic acids is 2. The lowest BCUT2D eigenvalue weighted by molar-refractivity contribution is -0.216. The summed E-state index contributed by atoms with van der Waals surface area (Å²) in [6.45, 7) is 16.2. The number of aliphatic hydroxyl groups excluding tert-OH is 1. The van der Waals surface area contributed by atoms with Crippen LogP contribution in [0.15, 0.2) is 0 Å². The summed E-state index contributed by atoms with van der Waals surface area (Å²) in [5.74, 6) is 0.575. The number of esters is 2. The summed E-state index contributed by atoms with van der Waals surface area (Å²) in [6, 6.07) is 0. The third-order valence-electron chi connectivity index (χ3n) is 14.5. The van der Waals surface area contributed by atoms with Crippen LogP contribution in [0.3, 0.4) is 0 Å². The molecule has 3 unspecified atom stereocenters. The van der Waals surface area contributed by atoms with Gasteiger partial charge in [-0.15, -0.1) is 0 Å². The molecule has 42 heavy (non-hydrogen) atoms. The van der Waals surface area contributed by atoms with E-state index in [0.29, 0.717) is 18.3 Å². The van der Waals surface area contributed by atoms with Gasteiger partial charge in [0.2, 0.25) is 0 Å². The van der Waals surface area contributed by atoms with Crippen LogP contribution in [0.5, 0.6) is 0 Å². The van der Waals surface area contributed by atoms with Gasteiger partial charge in [0.25, 0.3) is 0 Å². The number of ether oxygens (including phenoxy) is 3. The Balaban J connectivity index is 1.31. The Kier molecular flexibility index (Phi) is 6.89. The van der Waals surface area contributed by atoms with Crippen LogP contribution < -0.4 is 5.73 Å². The smallest absolute Gasteiger partial charge is 0.319 e. The van der Waals surface area contributed by atoms with E-state index in [0.717, 1.165) is 32.1 Å². The van der Waals surface area contributed by atoms with Gasteiger partial charge in [-0.05, 0) is 105 Å². The monoisotopic (exact) mass is 589 g/mol. The molecule has 6 rings (SSSR count). The summed E-state index contributed by atoms with van der Waals surface area (Å²) in [5.41, 5.74) is 4.27. The topological polar surface area (TPSA) is 128 Å². The van der Waals surface area contributed by atoms with Crippen molar-refractivity contribution in [3.8, 4) is 0 Å². The van der Waals surface area contributed by atoms with E-state index in [1.54, 1.807) is 13.8 Å². The maximum absolute atomic E-state index is 12.4. The average Bonchev–Trinajstić information content (AvgIpc) is 3.52. The highest BCUT2D eigenvalue weighted by atomic mass is 16.6. The molecule has 6 fully saturated rings. The predicted molar refractivity (Wildman–Crippen MR) is 157 cm³/mol. The van der Waals surface area contributed by atoms with Gasteiger partial charge >= 0.3 is 11.9 Å². The van der Waals surface area contributed by atoms with Crippen LogP contribution in [0.4, 0.5) is 0 Å². The third-order valence-corrected chi connectivity index (χ3v) is 14.5. The van der Waals surface area contributed by atoms with Gasteiger partial charge in [0.1, 0.15) is 6.10 Å². The largest absolute Gasteiger partial charge is 0.461 e. The first kappa shape index (κ1) is 30.8. The fourth-order valence-electron chi connectivity index (χ4n) is 12.8. The zero-order chi connectivity index (χ0) is 30.8. The molecule has 1 saturated heterocycles.